The van der Waals surface area contributed by atoms with Gasteiger partial charge in [0, 0.05) is 17.7 Å². The van der Waals surface area contributed by atoms with Crippen molar-refractivity contribution < 1.29 is 40.8 Å². The van der Waals surface area contributed by atoms with Crippen molar-refractivity contribution in [1.29, 1.82) is 0 Å². The Balaban J connectivity index is 2.41. The number of nitrogens with one attached hydrogen (secondary N) is 1. The van der Waals surface area contributed by atoms with E-state index in [1.54, 1.807) is 0 Å². The third-order valence-electron chi connectivity index (χ3n) is 3.15. The summed E-state index contributed by atoms with van der Waals surface area (Å²) in [5.41, 5.74) is -3.77. The zero-order valence-corrected chi connectivity index (χ0v) is 12.6. The Labute approximate surface area is 144 Å². The average Bonchev–Trinajstić information content (AvgIpc) is 2.56. The molecule has 0 aliphatic heterocycles. The maximum atomic E-state index is 13.7. The molecule has 0 radical (unpaired) electrons. The van der Waals surface area contributed by atoms with E-state index in [2.05, 4.69) is 5.10 Å². The molecule has 144 valence electrons. The Hall–Kier alpha value is -3.38. The van der Waals surface area contributed by atoms with E-state index in [1.165, 1.54) is 5.43 Å². The van der Waals surface area contributed by atoms with Crippen molar-refractivity contribution in [1.82, 2.24) is 0 Å². The van der Waals surface area contributed by atoms with E-state index in [0.29, 0.717) is 6.21 Å². The Bertz CT molecular complexity index is 916. The van der Waals surface area contributed by atoms with Gasteiger partial charge in [-0.2, -0.15) is 18.3 Å². The van der Waals surface area contributed by atoms with Crippen LogP contribution in [0.3, 0.4) is 0 Å². The molecule has 27 heavy (non-hydrogen) atoms. The molecule has 2 rings (SSSR count). The largest absolute Gasteiger partial charge is 0.507 e. The molecule has 13 heteroatoms. The molecule has 0 saturated carbocycles. The van der Waals surface area contributed by atoms with Crippen LogP contribution in [0, 0.1) is 33.4 Å². The van der Waals surface area contributed by atoms with Gasteiger partial charge in [0.05, 0.1) is 11.1 Å². The molecule has 0 aliphatic rings. The minimum Gasteiger partial charge on any atom is -0.507 e. The second-order valence-electron chi connectivity index (χ2n) is 4.87. The van der Waals surface area contributed by atoms with Gasteiger partial charge in [0.15, 0.2) is 23.3 Å². The quantitative estimate of drug-likeness (QED) is 0.264. The van der Waals surface area contributed by atoms with Crippen LogP contribution in [-0.2, 0) is 6.18 Å². The van der Waals surface area contributed by atoms with Crippen molar-refractivity contribution in [3.05, 3.63) is 62.7 Å². The highest BCUT2D eigenvalue weighted by Crippen LogP contribution is 2.38. The lowest BCUT2D eigenvalue weighted by atomic mass is 10.1. The number of hydrazone groups is 1. The van der Waals surface area contributed by atoms with Gasteiger partial charge in [0.2, 0.25) is 0 Å². The molecule has 2 aromatic carbocycles. The summed E-state index contributed by atoms with van der Waals surface area (Å²) in [4.78, 5) is 9.80. The summed E-state index contributed by atoms with van der Waals surface area (Å²) in [7, 11) is 0. The number of benzene rings is 2. The number of halogens is 7. The van der Waals surface area contributed by atoms with Gasteiger partial charge in [-0.1, -0.05) is 0 Å². The zero-order valence-electron chi connectivity index (χ0n) is 12.6. The zero-order chi connectivity index (χ0) is 20.5. The van der Waals surface area contributed by atoms with Crippen molar-refractivity contribution >= 4 is 17.6 Å². The van der Waals surface area contributed by atoms with Crippen LogP contribution in [0.4, 0.5) is 42.1 Å². The van der Waals surface area contributed by atoms with Crippen LogP contribution in [0.5, 0.6) is 5.75 Å². The molecule has 6 nitrogen and oxygen atoms in total. The number of hydrogen-bond acceptors (Lipinski definition) is 5. The first-order valence-corrected chi connectivity index (χ1v) is 6.64. The van der Waals surface area contributed by atoms with Crippen molar-refractivity contribution in [3.63, 3.8) is 0 Å². The van der Waals surface area contributed by atoms with Gasteiger partial charge < -0.3 is 5.11 Å². The molecule has 0 amide bonds. The fraction of sp³-hybridized carbons (Fsp3) is 0.0714. The predicted octanol–water partition coefficient (Wildman–Crippen LogP) is 4.32. The monoisotopic (exact) mass is 397 g/mol. The summed E-state index contributed by atoms with van der Waals surface area (Å²) in [6.45, 7) is 0. The first kappa shape index (κ1) is 19.9. The van der Waals surface area contributed by atoms with Crippen LogP contribution < -0.4 is 5.43 Å². The smallest absolute Gasteiger partial charge is 0.422 e. The fourth-order valence-corrected chi connectivity index (χ4v) is 1.90. The van der Waals surface area contributed by atoms with Crippen LogP contribution in [0.15, 0.2) is 23.3 Å². The summed E-state index contributed by atoms with van der Waals surface area (Å²) in [5.74, 6) is -10.7. The summed E-state index contributed by atoms with van der Waals surface area (Å²) in [5, 5.41) is 23.2. The Kier molecular flexibility index (Phi) is 5.23. The molecule has 2 aromatic rings. The Morgan fingerprint density at radius 2 is 1.63 bits per heavy atom. The van der Waals surface area contributed by atoms with Gasteiger partial charge in [-0.25, -0.2) is 17.6 Å². The molecule has 0 unspecified atom stereocenters. The van der Waals surface area contributed by atoms with Crippen LogP contribution in [0.1, 0.15) is 11.1 Å². The molecule has 0 aliphatic carbocycles. The predicted molar refractivity (Wildman–Crippen MR) is 77.3 cm³/mol. The highest BCUT2D eigenvalue weighted by molar-refractivity contribution is 5.85. The summed E-state index contributed by atoms with van der Waals surface area (Å²) in [6, 6.07) is 2.64. The highest BCUT2D eigenvalue weighted by Gasteiger charge is 2.42. The molecule has 2 N–H and O–H groups in total. The van der Waals surface area contributed by atoms with E-state index in [1.807, 2.05) is 0 Å². The second-order valence-corrected chi connectivity index (χ2v) is 4.87. The number of aromatic hydroxyl groups is 1. The van der Waals surface area contributed by atoms with Crippen molar-refractivity contribution in [2.24, 2.45) is 5.10 Å². The van der Waals surface area contributed by atoms with E-state index in [-0.39, 0.29) is 5.56 Å². The van der Waals surface area contributed by atoms with Gasteiger partial charge in [-0.15, -0.1) is 0 Å². The summed E-state index contributed by atoms with van der Waals surface area (Å²) < 4.78 is 91.6. The number of phenolic OH excluding ortho intramolecular Hbond substituents is 1. The molecular formula is C14H6F7N3O3. The second kappa shape index (κ2) is 7.09. The molecule has 0 saturated heterocycles. The van der Waals surface area contributed by atoms with E-state index in [0.717, 1.165) is 18.2 Å². The Morgan fingerprint density at radius 1 is 1.07 bits per heavy atom. The standard InChI is InChI=1S/C14H6F7N3O3/c15-9-8(14(19,20)21)10(16)12(18)13(11(9)17)23-22-4-5-3-6(24(26)27)1-2-7(5)25/h1-4,23,25H/b22-4-. The lowest BCUT2D eigenvalue weighted by Crippen LogP contribution is -2.16. The third kappa shape index (κ3) is 3.91. The molecular weight excluding hydrogens is 391 g/mol. The molecule has 0 heterocycles. The van der Waals surface area contributed by atoms with Crippen molar-refractivity contribution in [2.45, 2.75) is 6.18 Å². The normalized spacial score (nSPS) is 11.8. The number of anilines is 1. The molecule has 0 aromatic heterocycles. The number of nitrogens with zero attached hydrogens (tertiary/aromatic N) is 2. The minimum atomic E-state index is -5.69. The number of non-ortho nitro benzene ring substituents is 1. The lowest BCUT2D eigenvalue weighted by Gasteiger charge is -2.13. The van der Waals surface area contributed by atoms with E-state index < -0.39 is 57.1 Å². The topological polar surface area (TPSA) is 87.8 Å². The van der Waals surface area contributed by atoms with Crippen LogP contribution in [0.25, 0.3) is 0 Å². The number of phenols is 1. The number of hydrogen-bond donors (Lipinski definition) is 2. The van der Waals surface area contributed by atoms with Crippen LogP contribution in [-0.4, -0.2) is 16.2 Å². The van der Waals surface area contributed by atoms with E-state index in [9.17, 15) is 46.0 Å². The summed E-state index contributed by atoms with van der Waals surface area (Å²) >= 11 is 0. The number of rotatable bonds is 4. The third-order valence-corrected chi connectivity index (χ3v) is 3.15. The minimum absolute atomic E-state index is 0.328. The average molecular weight is 397 g/mol. The highest BCUT2D eigenvalue weighted by atomic mass is 19.4. The molecule has 0 bridgehead atoms. The molecule has 0 fully saturated rings. The maximum Gasteiger partial charge on any atom is 0.422 e. The maximum absolute atomic E-state index is 13.7. The van der Waals surface area contributed by atoms with Crippen LogP contribution >= 0.6 is 0 Å². The first-order chi connectivity index (χ1) is 12.4. The van der Waals surface area contributed by atoms with E-state index in [4.69, 9.17) is 0 Å². The molecule has 0 atom stereocenters. The lowest BCUT2D eigenvalue weighted by molar-refractivity contribution is -0.384. The van der Waals surface area contributed by atoms with Gasteiger partial charge in [0.25, 0.3) is 5.69 Å². The fourth-order valence-electron chi connectivity index (χ4n) is 1.90. The van der Waals surface area contributed by atoms with Crippen molar-refractivity contribution in [2.75, 3.05) is 5.43 Å². The van der Waals surface area contributed by atoms with Gasteiger partial charge in [0.1, 0.15) is 17.0 Å². The van der Waals surface area contributed by atoms with Gasteiger partial charge in [-0.05, 0) is 6.07 Å². The van der Waals surface area contributed by atoms with E-state index >= 15 is 0 Å². The Morgan fingerprint density at radius 3 is 2.11 bits per heavy atom. The number of nitro groups is 1. The van der Waals surface area contributed by atoms with Gasteiger partial charge in [-0.3, -0.25) is 15.5 Å². The first-order valence-electron chi connectivity index (χ1n) is 6.64. The van der Waals surface area contributed by atoms with Crippen molar-refractivity contribution in [3.8, 4) is 5.75 Å². The SMILES string of the molecule is O=[N+]([O-])c1ccc(O)c(/C=N\Nc2c(F)c(F)c(C(F)(F)F)c(F)c2F)c1. The summed E-state index contributed by atoms with van der Waals surface area (Å²) in [6.07, 6.45) is -5.10. The number of nitro benzene ring substituents is 1. The van der Waals surface area contributed by atoms with Gasteiger partial charge >= 0.3 is 6.18 Å². The molecule has 0 spiro atoms. The number of alkyl halides is 3. The van der Waals surface area contributed by atoms with Crippen LogP contribution in [0.2, 0.25) is 0 Å².